The average Bonchev–Trinajstić information content (AvgIpc) is 2.87. The van der Waals surface area contributed by atoms with Gasteiger partial charge >= 0.3 is 0 Å². The minimum atomic E-state index is -0.666. The molecule has 5 nitrogen and oxygen atoms in total. The lowest BCUT2D eigenvalue weighted by Crippen LogP contribution is -2.52. The van der Waals surface area contributed by atoms with Crippen molar-refractivity contribution in [3.63, 3.8) is 0 Å². The molecule has 1 aromatic rings. The number of nitrogens with zero attached hydrogens (tertiary/aromatic N) is 3. The molecule has 1 unspecified atom stereocenters. The topological polar surface area (TPSA) is 56.6 Å². The molecule has 0 radical (unpaired) electrons. The highest BCUT2D eigenvalue weighted by Gasteiger charge is 2.53. The maximum atomic E-state index is 13.3. The highest BCUT2D eigenvalue weighted by atomic mass is 79.9. The van der Waals surface area contributed by atoms with Crippen molar-refractivity contribution in [2.24, 2.45) is 0 Å². The first-order valence-corrected chi connectivity index (χ1v) is 12.0. The van der Waals surface area contributed by atoms with E-state index >= 15 is 0 Å². The summed E-state index contributed by atoms with van der Waals surface area (Å²) < 4.78 is 5.97. The third-order valence-electron chi connectivity index (χ3n) is 5.89. The first kappa shape index (κ1) is 22.9. The summed E-state index contributed by atoms with van der Waals surface area (Å²) in [7, 11) is 0. The fourth-order valence-corrected chi connectivity index (χ4v) is 5.52. The molecule has 2 fully saturated rings. The van der Waals surface area contributed by atoms with Crippen LogP contribution in [0.1, 0.15) is 51.5 Å². The van der Waals surface area contributed by atoms with Crippen LogP contribution in [0.25, 0.3) is 0 Å². The minimum Gasteiger partial charge on any atom is -0.378 e. The van der Waals surface area contributed by atoms with Crippen molar-refractivity contribution in [2.75, 3.05) is 16.8 Å². The van der Waals surface area contributed by atoms with Gasteiger partial charge in [0.15, 0.2) is 0 Å². The van der Waals surface area contributed by atoms with Crippen molar-refractivity contribution in [3.05, 3.63) is 28.8 Å². The zero-order valence-corrected chi connectivity index (χ0v) is 20.0. The number of hydrogen-bond acceptors (Lipinski definition) is 5. The lowest BCUT2D eigenvalue weighted by Gasteiger charge is -2.41. The van der Waals surface area contributed by atoms with Crippen LogP contribution in [-0.2, 0) is 9.53 Å². The number of benzene rings is 1. The quantitative estimate of drug-likeness (QED) is 0.340. The Balaban J connectivity index is 1.75. The van der Waals surface area contributed by atoms with Gasteiger partial charge in [-0.05, 0) is 64.2 Å². The molecule has 3 rings (SSSR count). The fraction of sp³-hybridized carbons (Fsp3) is 0.619. The van der Waals surface area contributed by atoms with Crippen molar-refractivity contribution in [1.82, 2.24) is 4.90 Å². The fourth-order valence-electron chi connectivity index (χ4n) is 4.36. The summed E-state index contributed by atoms with van der Waals surface area (Å²) in [5.74, 6) is -0.00558. The smallest absolute Gasteiger partial charge is 0.249 e. The van der Waals surface area contributed by atoms with Crippen LogP contribution in [0.3, 0.4) is 0 Å². The summed E-state index contributed by atoms with van der Waals surface area (Å²) >= 11 is 14.5. The molecule has 1 saturated heterocycles. The molecule has 1 atom stereocenters. The van der Waals surface area contributed by atoms with Crippen LogP contribution >= 0.6 is 40.2 Å². The Kier molecular flexibility index (Phi) is 7.56. The van der Waals surface area contributed by atoms with E-state index in [4.69, 9.17) is 34.2 Å². The SMILES string of the molecule is CC1(C)C(=O)N(c2ccc(C#N)c(Cl)c2)C(S)N1C1CCC(OCCCBr)CC1. The number of anilines is 1. The molecule has 158 valence electrons. The molecule has 0 bridgehead atoms. The molecule has 8 heteroatoms. The van der Waals surface area contributed by atoms with E-state index in [2.05, 4.69) is 26.9 Å². The van der Waals surface area contributed by atoms with E-state index in [-0.39, 0.29) is 17.4 Å². The molecule has 1 heterocycles. The van der Waals surface area contributed by atoms with Crippen LogP contribution in [0, 0.1) is 11.3 Å². The van der Waals surface area contributed by atoms with Gasteiger partial charge in [-0.25, -0.2) is 0 Å². The third-order valence-corrected chi connectivity index (χ3v) is 7.24. The predicted molar refractivity (Wildman–Crippen MR) is 123 cm³/mol. The van der Waals surface area contributed by atoms with Gasteiger partial charge in [-0.1, -0.05) is 27.5 Å². The molecule has 2 aliphatic rings. The molecule has 1 aliphatic heterocycles. The summed E-state index contributed by atoms with van der Waals surface area (Å²) in [6.07, 6.45) is 5.28. The number of halogens is 2. The number of hydrogen-bond donors (Lipinski definition) is 1. The number of carbonyl (C=O) groups is 1. The monoisotopic (exact) mass is 499 g/mol. The lowest BCUT2D eigenvalue weighted by molar-refractivity contribution is -0.124. The van der Waals surface area contributed by atoms with Gasteiger partial charge < -0.3 is 4.74 Å². The highest BCUT2D eigenvalue weighted by Crippen LogP contribution is 2.42. The maximum Gasteiger partial charge on any atom is 0.249 e. The van der Waals surface area contributed by atoms with E-state index < -0.39 is 5.54 Å². The third kappa shape index (κ3) is 4.62. The number of alkyl halides is 1. The van der Waals surface area contributed by atoms with Gasteiger partial charge in [0.05, 0.1) is 22.2 Å². The Hall–Kier alpha value is -0.780. The molecular weight excluding hydrogens is 474 g/mol. The second-order valence-electron chi connectivity index (χ2n) is 8.11. The number of nitriles is 1. The zero-order chi connectivity index (χ0) is 21.2. The Morgan fingerprint density at radius 3 is 2.62 bits per heavy atom. The molecule has 1 aliphatic carbocycles. The molecule has 1 aromatic carbocycles. The first-order valence-electron chi connectivity index (χ1n) is 9.98. The second-order valence-corrected chi connectivity index (χ2v) is 9.77. The van der Waals surface area contributed by atoms with Crippen LogP contribution in [0.5, 0.6) is 0 Å². The van der Waals surface area contributed by atoms with Crippen LogP contribution in [-0.4, -0.2) is 45.9 Å². The Bertz CT molecular complexity index is 793. The van der Waals surface area contributed by atoms with E-state index in [1.165, 1.54) is 0 Å². The average molecular weight is 501 g/mol. The number of carbonyl (C=O) groups excluding carboxylic acids is 1. The predicted octanol–water partition coefficient (Wildman–Crippen LogP) is 4.97. The molecule has 0 aromatic heterocycles. The van der Waals surface area contributed by atoms with E-state index in [0.29, 0.717) is 22.4 Å². The van der Waals surface area contributed by atoms with Crippen molar-refractivity contribution in [1.29, 1.82) is 5.26 Å². The van der Waals surface area contributed by atoms with Crippen molar-refractivity contribution in [3.8, 4) is 6.07 Å². The van der Waals surface area contributed by atoms with Crippen LogP contribution in [0.15, 0.2) is 18.2 Å². The van der Waals surface area contributed by atoms with E-state index in [0.717, 1.165) is 44.0 Å². The largest absolute Gasteiger partial charge is 0.378 e. The van der Waals surface area contributed by atoms with E-state index in [1.54, 1.807) is 23.1 Å². The van der Waals surface area contributed by atoms with Crippen LogP contribution in [0.4, 0.5) is 5.69 Å². The molecule has 1 amide bonds. The Morgan fingerprint density at radius 1 is 1.34 bits per heavy atom. The van der Waals surface area contributed by atoms with Gasteiger partial charge in [-0.2, -0.15) is 5.26 Å². The van der Waals surface area contributed by atoms with E-state index in [1.807, 2.05) is 13.8 Å². The standard InChI is InChI=1S/C21H27BrClN3O2S/c1-21(2)19(27)25(16-5-4-14(13-24)18(23)12-16)20(29)26(21)15-6-8-17(9-7-15)28-11-3-10-22/h4-5,12,15,17,20,29H,3,6-11H2,1-2H3. The van der Waals surface area contributed by atoms with E-state index in [9.17, 15) is 4.79 Å². The van der Waals surface area contributed by atoms with Gasteiger partial charge in [0.1, 0.15) is 11.6 Å². The molecule has 0 spiro atoms. The van der Waals surface area contributed by atoms with Crippen molar-refractivity contribution in [2.45, 2.75) is 69.1 Å². The van der Waals surface area contributed by atoms with Gasteiger partial charge in [-0.15, -0.1) is 12.6 Å². The summed E-state index contributed by atoms with van der Waals surface area (Å²) in [5, 5.41) is 10.4. The molecule has 1 saturated carbocycles. The summed E-state index contributed by atoms with van der Waals surface area (Å²) in [5.41, 5.74) is 0.0204. The molecular formula is C21H27BrClN3O2S. The van der Waals surface area contributed by atoms with Gasteiger partial charge in [0, 0.05) is 23.7 Å². The normalized spacial score (nSPS) is 27.2. The number of ether oxygens (including phenoxy) is 1. The van der Waals surface area contributed by atoms with Crippen LogP contribution in [0.2, 0.25) is 5.02 Å². The second kappa shape index (κ2) is 9.57. The zero-order valence-electron chi connectivity index (χ0n) is 16.8. The first-order chi connectivity index (χ1) is 13.8. The number of thiol groups is 1. The summed E-state index contributed by atoms with van der Waals surface area (Å²) in [6.45, 7) is 4.71. The summed E-state index contributed by atoms with van der Waals surface area (Å²) in [4.78, 5) is 17.2. The maximum absolute atomic E-state index is 13.3. The number of rotatable bonds is 6. The van der Waals surface area contributed by atoms with Gasteiger partial charge in [-0.3, -0.25) is 14.6 Å². The molecule has 29 heavy (non-hydrogen) atoms. The lowest BCUT2D eigenvalue weighted by atomic mass is 9.89. The van der Waals surface area contributed by atoms with Gasteiger partial charge in [0.2, 0.25) is 5.91 Å². The number of amides is 1. The van der Waals surface area contributed by atoms with Crippen molar-refractivity contribution < 1.29 is 9.53 Å². The minimum absolute atomic E-state index is 0.00558. The van der Waals surface area contributed by atoms with Crippen molar-refractivity contribution >= 4 is 51.8 Å². The Morgan fingerprint density at radius 2 is 2.03 bits per heavy atom. The summed E-state index contributed by atoms with van der Waals surface area (Å²) in [6, 6.07) is 7.41. The van der Waals surface area contributed by atoms with Gasteiger partial charge in [0.25, 0.3) is 0 Å². The highest BCUT2D eigenvalue weighted by molar-refractivity contribution is 9.09. The van der Waals surface area contributed by atoms with Crippen LogP contribution < -0.4 is 4.90 Å². The molecule has 0 N–H and O–H groups in total. The Labute approximate surface area is 191 Å².